The lowest BCUT2D eigenvalue weighted by Gasteiger charge is -2.28. The Morgan fingerprint density at radius 1 is 1.28 bits per heavy atom. The number of aliphatic hydroxyl groups is 1. The van der Waals surface area contributed by atoms with Gasteiger partial charge in [-0.1, -0.05) is 0 Å². The number of nitrogens with zero attached hydrogens (tertiary/aromatic N) is 1. The first-order valence-electron chi connectivity index (χ1n) is 6.65. The number of rotatable bonds is 1. The summed E-state index contributed by atoms with van der Waals surface area (Å²) in [4.78, 5) is 0. The molecule has 5 heteroatoms. The smallest absolute Gasteiger partial charge is 0.152 e. The van der Waals surface area contributed by atoms with Crippen molar-refractivity contribution in [1.82, 2.24) is 4.57 Å². The van der Waals surface area contributed by atoms with Gasteiger partial charge in [0, 0.05) is 23.5 Å². The molecule has 0 aromatic carbocycles. The van der Waals surface area contributed by atoms with Gasteiger partial charge in [-0.3, -0.25) is 0 Å². The van der Waals surface area contributed by atoms with Crippen molar-refractivity contribution in [2.24, 2.45) is 0 Å². The fourth-order valence-electron chi connectivity index (χ4n) is 3.25. The molecular weight excluding hydrogens is 250 g/mol. The van der Waals surface area contributed by atoms with Crippen LogP contribution >= 0.6 is 0 Å². The van der Waals surface area contributed by atoms with Crippen LogP contribution in [-0.2, 0) is 16.3 Å². The lowest BCUT2D eigenvalue weighted by atomic mass is 9.95. The Morgan fingerprint density at radius 3 is 2.89 bits per heavy atom. The highest BCUT2D eigenvalue weighted by molar-refractivity contribution is 7.91. The molecule has 100 valence electrons. The molecule has 1 aromatic rings. The van der Waals surface area contributed by atoms with Crippen molar-refractivity contribution < 1.29 is 13.5 Å². The minimum atomic E-state index is -2.88. The minimum absolute atomic E-state index is 0.0674. The van der Waals surface area contributed by atoms with Crippen LogP contribution in [0.5, 0.6) is 0 Å². The van der Waals surface area contributed by atoms with Gasteiger partial charge in [0.2, 0.25) is 0 Å². The number of hydrogen-bond donors (Lipinski definition) is 1. The normalized spacial score (nSPS) is 30.9. The Balaban J connectivity index is 1.93. The molecule has 0 spiro atoms. The monoisotopic (exact) mass is 269 g/mol. The van der Waals surface area contributed by atoms with Crippen LogP contribution in [0.1, 0.15) is 49.1 Å². The summed E-state index contributed by atoms with van der Waals surface area (Å²) in [5.41, 5.74) is 2.15. The zero-order chi connectivity index (χ0) is 12.8. The molecule has 2 heterocycles. The molecule has 1 saturated heterocycles. The van der Waals surface area contributed by atoms with E-state index in [-0.39, 0.29) is 17.9 Å². The lowest BCUT2D eigenvalue weighted by molar-refractivity contribution is 0.155. The van der Waals surface area contributed by atoms with Gasteiger partial charge in [-0.25, -0.2) is 8.42 Å². The lowest BCUT2D eigenvalue weighted by Crippen LogP contribution is -2.28. The molecule has 0 radical (unpaired) electrons. The van der Waals surface area contributed by atoms with Crippen molar-refractivity contribution in [1.29, 1.82) is 0 Å². The van der Waals surface area contributed by atoms with E-state index in [9.17, 15) is 13.5 Å². The Bertz CT molecular complexity index is 547. The van der Waals surface area contributed by atoms with Crippen molar-refractivity contribution in [2.75, 3.05) is 11.5 Å². The molecule has 1 N–H and O–H groups in total. The molecule has 2 unspecified atom stereocenters. The largest absolute Gasteiger partial charge is 0.388 e. The fourth-order valence-corrected chi connectivity index (χ4v) is 4.94. The molecule has 0 amide bonds. The molecule has 2 aliphatic rings. The van der Waals surface area contributed by atoms with Crippen molar-refractivity contribution in [3.8, 4) is 0 Å². The SMILES string of the molecule is O=S1(=O)CCCC(n2ccc3c2CCCC3O)C1. The molecular formula is C13H19NO3S. The topological polar surface area (TPSA) is 59.3 Å². The third-order valence-corrected chi connectivity index (χ3v) is 5.95. The summed E-state index contributed by atoms with van der Waals surface area (Å²) in [6, 6.07) is 2.03. The maximum atomic E-state index is 11.7. The van der Waals surface area contributed by atoms with E-state index in [4.69, 9.17) is 0 Å². The first-order valence-corrected chi connectivity index (χ1v) is 8.47. The Labute approximate surface area is 108 Å². The Kier molecular flexibility index (Phi) is 2.98. The van der Waals surface area contributed by atoms with Crippen molar-refractivity contribution >= 4 is 9.84 Å². The minimum Gasteiger partial charge on any atom is -0.388 e. The molecule has 1 fully saturated rings. The second-order valence-corrected chi connectivity index (χ2v) is 7.67. The van der Waals surface area contributed by atoms with Gasteiger partial charge in [0.05, 0.1) is 17.6 Å². The zero-order valence-electron chi connectivity index (χ0n) is 10.4. The van der Waals surface area contributed by atoms with Crippen molar-refractivity contribution in [2.45, 2.75) is 44.2 Å². The van der Waals surface area contributed by atoms with Crippen LogP contribution in [-0.4, -0.2) is 29.6 Å². The van der Waals surface area contributed by atoms with Crippen LogP contribution in [0.25, 0.3) is 0 Å². The third kappa shape index (κ3) is 2.10. The summed E-state index contributed by atoms with van der Waals surface area (Å²) in [5.74, 6) is 0.583. The van der Waals surface area contributed by atoms with Crippen LogP contribution in [0.4, 0.5) is 0 Å². The van der Waals surface area contributed by atoms with Crippen LogP contribution in [0.3, 0.4) is 0 Å². The molecule has 18 heavy (non-hydrogen) atoms. The van der Waals surface area contributed by atoms with E-state index in [1.54, 1.807) is 0 Å². The fraction of sp³-hybridized carbons (Fsp3) is 0.692. The predicted molar refractivity (Wildman–Crippen MR) is 69.3 cm³/mol. The van der Waals surface area contributed by atoms with Gasteiger partial charge in [-0.15, -0.1) is 0 Å². The van der Waals surface area contributed by atoms with Crippen LogP contribution in [0.2, 0.25) is 0 Å². The van der Waals surface area contributed by atoms with Crippen LogP contribution in [0, 0.1) is 0 Å². The highest BCUT2D eigenvalue weighted by atomic mass is 32.2. The molecule has 1 aromatic heterocycles. The average Bonchev–Trinajstić information content (AvgIpc) is 2.73. The van der Waals surface area contributed by atoms with Gasteiger partial charge in [0.15, 0.2) is 9.84 Å². The second kappa shape index (κ2) is 4.38. The first kappa shape index (κ1) is 12.2. The highest BCUT2D eigenvalue weighted by Crippen LogP contribution is 2.34. The van der Waals surface area contributed by atoms with E-state index in [0.717, 1.165) is 43.4 Å². The molecule has 1 aliphatic carbocycles. The van der Waals surface area contributed by atoms with Crippen molar-refractivity contribution in [3.05, 3.63) is 23.5 Å². The number of aliphatic hydroxyl groups excluding tert-OH is 1. The van der Waals surface area contributed by atoms with E-state index in [1.807, 2.05) is 12.3 Å². The van der Waals surface area contributed by atoms with Gasteiger partial charge in [0.1, 0.15) is 0 Å². The molecule has 0 saturated carbocycles. The van der Waals surface area contributed by atoms with Gasteiger partial charge in [-0.05, 0) is 38.2 Å². The van der Waals surface area contributed by atoms with E-state index < -0.39 is 9.84 Å². The highest BCUT2D eigenvalue weighted by Gasteiger charge is 2.29. The molecule has 4 nitrogen and oxygen atoms in total. The standard InChI is InChI=1S/C13H19NO3S/c15-13-5-1-4-12-11(13)6-7-14(12)10-3-2-8-18(16,17)9-10/h6-7,10,13,15H,1-5,8-9H2. The summed E-state index contributed by atoms with van der Waals surface area (Å²) in [6.07, 6.45) is 6.03. The predicted octanol–water partition coefficient (Wildman–Crippen LogP) is 1.61. The Morgan fingerprint density at radius 2 is 2.11 bits per heavy atom. The van der Waals surface area contributed by atoms with Crippen LogP contribution < -0.4 is 0 Å². The van der Waals surface area contributed by atoms with Gasteiger partial charge in [0.25, 0.3) is 0 Å². The summed E-state index contributed by atoms with van der Waals surface area (Å²) in [7, 11) is -2.88. The maximum Gasteiger partial charge on any atom is 0.152 e. The summed E-state index contributed by atoms with van der Waals surface area (Å²) in [6.45, 7) is 0. The second-order valence-electron chi connectivity index (χ2n) is 5.44. The number of hydrogen-bond acceptors (Lipinski definition) is 3. The number of aromatic nitrogens is 1. The summed E-state index contributed by atoms with van der Waals surface area (Å²) < 4.78 is 25.6. The molecule has 3 rings (SSSR count). The first-order chi connectivity index (χ1) is 8.57. The average molecular weight is 269 g/mol. The van der Waals surface area contributed by atoms with Crippen molar-refractivity contribution in [3.63, 3.8) is 0 Å². The quantitative estimate of drug-likeness (QED) is 0.842. The number of sulfone groups is 1. The summed E-state index contributed by atoms with van der Waals surface area (Å²) >= 11 is 0. The van der Waals surface area contributed by atoms with Crippen LogP contribution in [0.15, 0.2) is 12.3 Å². The van der Waals surface area contributed by atoms with Gasteiger partial charge >= 0.3 is 0 Å². The molecule has 1 aliphatic heterocycles. The maximum absolute atomic E-state index is 11.7. The van der Waals surface area contributed by atoms with E-state index in [2.05, 4.69) is 4.57 Å². The van der Waals surface area contributed by atoms with E-state index in [1.165, 1.54) is 0 Å². The van der Waals surface area contributed by atoms with E-state index in [0.29, 0.717) is 5.75 Å². The van der Waals surface area contributed by atoms with Gasteiger partial charge in [-0.2, -0.15) is 0 Å². The molecule has 2 atom stereocenters. The summed E-state index contributed by atoms with van der Waals surface area (Å²) in [5, 5.41) is 9.94. The van der Waals surface area contributed by atoms with E-state index >= 15 is 0 Å². The van der Waals surface area contributed by atoms with Gasteiger partial charge < -0.3 is 9.67 Å². The zero-order valence-corrected chi connectivity index (χ0v) is 11.2. The Hall–Kier alpha value is -0.810. The molecule has 0 bridgehead atoms. The number of fused-ring (bicyclic) bond motifs is 1. The third-order valence-electron chi connectivity index (χ3n) is 4.14.